The number of aromatic nitrogens is 1. The number of ether oxygens (including phenoxy) is 1. The minimum absolute atomic E-state index is 0.154. The molecule has 8 heteroatoms. The number of hydrogen-bond donors (Lipinski definition) is 1. The van der Waals surface area contributed by atoms with Crippen molar-refractivity contribution >= 4 is 40.0 Å². The van der Waals surface area contributed by atoms with Gasteiger partial charge < -0.3 is 10.1 Å². The Bertz CT molecular complexity index is 943. The fraction of sp³-hybridized carbons (Fsp3) is 0.105. The number of methoxy groups -OCH3 is 1. The molecule has 0 atom stereocenters. The molecule has 3 rings (SSSR count). The Balaban J connectivity index is 1.79. The van der Waals surface area contributed by atoms with Crippen LogP contribution in [0.1, 0.15) is 10.4 Å². The van der Waals surface area contributed by atoms with E-state index in [0.29, 0.717) is 16.1 Å². The summed E-state index contributed by atoms with van der Waals surface area (Å²) in [7, 11) is 1.27. The third-order valence-corrected chi connectivity index (χ3v) is 5.42. The summed E-state index contributed by atoms with van der Waals surface area (Å²) in [5.74, 6) is -1.04. The second-order valence-corrected chi connectivity index (χ2v) is 7.23. The van der Waals surface area contributed by atoms with Crippen LogP contribution in [0.2, 0.25) is 0 Å². The number of carbonyl (C=O) groups excluding carboxylic acids is 2. The third-order valence-electron chi connectivity index (χ3n) is 3.58. The van der Waals surface area contributed by atoms with Crippen LogP contribution in [0.3, 0.4) is 0 Å². The Hall–Kier alpha value is -2.71. The van der Waals surface area contributed by atoms with Crippen LogP contribution < -0.4 is 5.32 Å². The number of rotatable bonds is 6. The maximum absolute atomic E-state index is 13.2. The zero-order valence-corrected chi connectivity index (χ0v) is 15.9. The standard InChI is InChI=1S/C19H15FN2O3S2/c1-25-19(24)17-14(12-5-7-13(20)8-6-12)10-27-18(17)22-15(23)11-26-16-4-2-3-9-21-16/h2-10H,11H2,1H3,(H,22,23). The average Bonchev–Trinajstić information content (AvgIpc) is 3.10. The monoisotopic (exact) mass is 402 g/mol. The van der Waals surface area contributed by atoms with Crippen LogP contribution in [0.15, 0.2) is 59.1 Å². The molecule has 0 saturated heterocycles. The first-order valence-corrected chi connectivity index (χ1v) is 9.74. The molecule has 1 N–H and O–H groups in total. The van der Waals surface area contributed by atoms with Gasteiger partial charge in [0, 0.05) is 17.1 Å². The molecule has 27 heavy (non-hydrogen) atoms. The van der Waals surface area contributed by atoms with Crippen LogP contribution in [0.4, 0.5) is 9.39 Å². The number of nitrogens with zero attached hydrogens (tertiary/aromatic N) is 1. The summed E-state index contributed by atoms with van der Waals surface area (Å²) in [6.45, 7) is 0. The Labute approximate surface area is 163 Å². The quantitative estimate of drug-likeness (QED) is 0.487. The van der Waals surface area contributed by atoms with Crippen LogP contribution in [0.25, 0.3) is 11.1 Å². The van der Waals surface area contributed by atoms with Crippen LogP contribution in [0, 0.1) is 5.82 Å². The highest BCUT2D eigenvalue weighted by Gasteiger charge is 2.22. The van der Waals surface area contributed by atoms with Crippen molar-refractivity contribution in [2.75, 3.05) is 18.2 Å². The molecular formula is C19H15FN2O3S2. The summed E-state index contributed by atoms with van der Waals surface area (Å²) >= 11 is 2.51. The van der Waals surface area contributed by atoms with Gasteiger partial charge in [-0.3, -0.25) is 4.79 Å². The van der Waals surface area contributed by atoms with E-state index in [1.165, 1.54) is 42.3 Å². The van der Waals surface area contributed by atoms with Gasteiger partial charge in [-0.2, -0.15) is 0 Å². The smallest absolute Gasteiger partial charge is 0.341 e. The zero-order chi connectivity index (χ0) is 19.2. The van der Waals surface area contributed by atoms with Gasteiger partial charge >= 0.3 is 5.97 Å². The molecule has 0 radical (unpaired) electrons. The van der Waals surface area contributed by atoms with E-state index in [0.717, 1.165) is 5.03 Å². The van der Waals surface area contributed by atoms with Gasteiger partial charge in [0.05, 0.1) is 17.9 Å². The minimum atomic E-state index is -0.566. The molecule has 0 aliphatic heterocycles. The number of thiophene rings is 1. The van der Waals surface area contributed by atoms with E-state index in [1.807, 2.05) is 12.1 Å². The zero-order valence-electron chi connectivity index (χ0n) is 14.3. The topological polar surface area (TPSA) is 68.3 Å². The van der Waals surface area contributed by atoms with Gasteiger partial charge in [0.1, 0.15) is 16.4 Å². The summed E-state index contributed by atoms with van der Waals surface area (Å²) in [6, 6.07) is 11.2. The van der Waals surface area contributed by atoms with Crippen LogP contribution in [0.5, 0.6) is 0 Å². The lowest BCUT2D eigenvalue weighted by Crippen LogP contribution is -2.16. The average molecular weight is 402 g/mol. The van der Waals surface area contributed by atoms with E-state index in [-0.39, 0.29) is 23.0 Å². The summed E-state index contributed by atoms with van der Waals surface area (Å²) in [6.07, 6.45) is 1.66. The molecule has 0 aliphatic carbocycles. The molecule has 0 spiro atoms. The minimum Gasteiger partial charge on any atom is -0.465 e. The van der Waals surface area contributed by atoms with Crippen molar-refractivity contribution in [3.05, 3.63) is 65.4 Å². The van der Waals surface area contributed by atoms with Gasteiger partial charge in [0.15, 0.2) is 0 Å². The van der Waals surface area contributed by atoms with Crippen molar-refractivity contribution in [2.45, 2.75) is 5.03 Å². The number of hydrogen-bond acceptors (Lipinski definition) is 6. The Kier molecular flexibility index (Phi) is 6.20. The van der Waals surface area contributed by atoms with E-state index in [4.69, 9.17) is 4.74 Å². The summed E-state index contributed by atoms with van der Waals surface area (Å²) < 4.78 is 18.0. The number of benzene rings is 1. The van der Waals surface area contributed by atoms with Crippen LogP contribution in [-0.2, 0) is 9.53 Å². The van der Waals surface area contributed by atoms with E-state index in [2.05, 4.69) is 10.3 Å². The second kappa shape index (κ2) is 8.79. The molecule has 2 aromatic heterocycles. The van der Waals surface area contributed by atoms with Crippen molar-refractivity contribution in [3.63, 3.8) is 0 Å². The summed E-state index contributed by atoms with van der Waals surface area (Å²) in [5, 5.41) is 5.62. The lowest BCUT2D eigenvalue weighted by Gasteiger charge is -2.08. The number of anilines is 1. The normalized spacial score (nSPS) is 10.4. The third kappa shape index (κ3) is 4.72. The largest absolute Gasteiger partial charge is 0.465 e. The number of amides is 1. The Morgan fingerprint density at radius 3 is 2.67 bits per heavy atom. The van der Waals surface area contributed by atoms with Crippen molar-refractivity contribution in [3.8, 4) is 11.1 Å². The molecule has 138 valence electrons. The first kappa shape index (κ1) is 19.1. The van der Waals surface area contributed by atoms with Crippen molar-refractivity contribution in [1.29, 1.82) is 0 Å². The highest BCUT2D eigenvalue weighted by atomic mass is 32.2. The van der Waals surface area contributed by atoms with E-state index in [1.54, 1.807) is 29.8 Å². The molecule has 5 nitrogen and oxygen atoms in total. The fourth-order valence-electron chi connectivity index (χ4n) is 2.33. The van der Waals surface area contributed by atoms with Crippen molar-refractivity contribution < 1.29 is 18.7 Å². The maximum Gasteiger partial charge on any atom is 0.341 e. The first-order valence-electron chi connectivity index (χ1n) is 7.88. The van der Waals surface area contributed by atoms with E-state index >= 15 is 0 Å². The van der Waals surface area contributed by atoms with Crippen molar-refractivity contribution in [2.24, 2.45) is 0 Å². The fourth-order valence-corrected chi connectivity index (χ4v) is 3.97. The predicted octanol–water partition coefficient (Wildman–Crippen LogP) is 4.47. The summed E-state index contributed by atoms with van der Waals surface area (Å²) in [5.41, 5.74) is 1.50. The first-order chi connectivity index (χ1) is 13.1. The number of pyridine rings is 1. The van der Waals surface area contributed by atoms with E-state index < -0.39 is 5.97 Å². The van der Waals surface area contributed by atoms with Crippen LogP contribution >= 0.6 is 23.1 Å². The molecule has 0 bridgehead atoms. The lowest BCUT2D eigenvalue weighted by molar-refractivity contribution is -0.113. The van der Waals surface area contributed by atoms with Gasteiger partial charge in [0.25, 0.3) is 0 Å². The van der Waals surface area contributed by atoms with Gasteiger partial charge in [-0.1, -0.05) is 30.0 Å². The Morgan fingerprint density at radius 1 is 1.22 bits per heavy atom. The number of nitrogens with one attached hydrogen (secondary N) is 1. The molecule has 1 amide bonds. The number of carbonyl (C=O) groups is 2. The number of thioether (sulfide) groups is 1. The predicted molar refractivity (Wildman–Crippen MR) is 105 cm³/mol. The Morgan fingerprint density at radius 2 is 2.00 bits per heavy atom. The maximum atomic E-state index is 13.2. The second-order valence-electron chi connectivity index (χ2n) is 5.36. The molecule has 3 aromatic rings. The van der Waals surface area contributed by atoms with Gasteiger partial charge in [-0.05, 0) is 29.8 Å². The number of halogens is 1. The molecule has 0 fully saturated rings. The molecule has 0 aliphatic rings. The van der Waals surface area contributed by atoms with Crippen LogP contribution in [-0.4, -0.2) is 29.7 Å². The van der Waals surface area contributed by atoms with Gasteiger partial charge in [-0.15, -0.1) is 11.3 Å². The highest BCUT2D eigenvalue weighted by Crippen LogP contribution is 2.36. The lowest BCUT2D eigenvalue weighted by atomic mass is 10.0. The molecule has 2 heterocycles. The highest BCUT2D eigenvalue weighted by molar-refractivity contribution is 7.99. The molecule has 0 saturated carbocycles. The molecule has 0 unspecified atom stereocenters. The van der Waals surface area contributed by atoms with E-state index in [9.17, 15) is 14.0 Å². The molecular weight excluding hydrogens is 387 g/mol. The number of esters is 1. The summed E-state index contributed by atoms with van der Waals surface area (Å²) in [4.78, 5) is 28.7. The molecule has 1 aromatic carbocycles. The SMILES string of the molecule is COC(=O)c1c(-c2ccc(F)cc2)csc1NC(=O)CSc1ccccn1. The van der Waals surface area contributed by atoms with Gasteiger partial charge in [0.2, 0.25) is 5.91 Å². The van der Waals surface area contributed by atoms with Gasteiger partial charge in [-0.25, -0.2) is 14.2 Å². The van der Waals surface area contributed by atoms with Crippen molar-refractivity contribution in [1.82, 2.24) is 4.98 Å².